The van der Waals surface area contributed by atoms with Crippen LogP contribution in [0.2, 0.25) is 0 Å². The van der Waals surface area contributed by atoms with Crippen molar-refractivity contribution < 1.29 is 4.39 Å². The first-order valence-electron chi connectivity index (χ1n) is 3.89. The molecule has 0 aliphatic carbocycles. The maximum atomic E-state index is 13.3. The third-order valence-corrected chi connectivity index (χ3v) is 3.07. The lowest BCUT2D eigenvalue weighted by Gasteiger charge is -2.03. The molecule has 1 aromatic heterocycles. The SMILES string of the molecule is Cc1cc(F)c(I)c2cccnc12. The molecule has 0 radical (unpaired) electrons. The molecule has 3 heteroatoms. The fourth-order valence-corrected chi connectivity index (χ4v) is 1.94. The van der Waals surface area contributed by atoms with Crippen molar-refractivity contribution in [3.8, 4) is 0 Å². The molecule has 13 heavy (non-hydrogen) atoms. The van der Waals surface area contributed by atoms with Crippen LogP contribution < -0.4 is 0 Å². The van der Waals surface area contributed by atoms with Crippen LogP contribution in [0.3, 0.4) is 0 Å². The van der Waals surface area contributed by atoms with E-state index in [2.05, 4.69) is 4.98 Å². The van der Waals surface area contributed by atoms with Crippen LogP contribution in [0.15, 0.2) is 24.4 Å². The van der Waals surface area contributed by atoms with Gasteiger partial charge in [-0.2, -0.15) is 0 Å². The Morgan fingerprint density at radius 3 is 3.00 bits per heavy atom. The van der Waals surface area contributed by atoms with Crippen molar-refractivity contribution in [2.24, 2.45) is 0 Å². The van der Waals surface area contributed by atoms with Crippen LogP contribution in [-0.4, -0.2) is 4.98 Å². The largest absolute Gasteiger partial charge is 0.256 e. The van der Waals surface area contributed by atoms with Crippen LogP contribution in [-0.2, 0) is 0 Å². The van der Waals surface area contributed by atoms with Gasteiger partial charge < -0.3 is 0 Å². The summed E-state index contributed by atoms with van der Waals surface area (Å²) in [6.45, 7) is 1.87. The zero-order valence-corrected chi connectivity index (χ0v) is 9.17. The van der Waals surface area contributed by atoms with Crippen molar-refractivity contribution in [3.63, 3.8) is 0 Å². The fourth-order valence-electron chi connectivity index (χ4n) is 1.35. The molecular formula is C10H7FIN. The zero-order valence-electron chi connectivity index (χ0n) is 7.01. The predicted octanol–water partition coefficient (Wildman–Crippen LogP) is 3.29. The highest BCUT2D eigenvalue weighted by atomic mass is 127. The number of aryl methyl sites for hydroxylation is 1. The van der Waals surface area contributed by atoms with Crippen LogP contribution in [0.25, 0.3) is 10.9 Å². The molecule has 0 unspecified atom stereocenters. The molecule has 0 atom stereocenters. The van der Waals surface area contributed by atoms with E-state index < -0.39 is 0 Å². The van der Waals surface area contributed by atoms with Gasteiger partial charge in [0.15, 0.2) is 0 Å². The normalized spacial score (nSPS) is 10.7. The molecule has 66 valence electrons. The lowest BCUT2D eigenvalue weighted by Crippen LogP contribution is -1.90. The maximum absolute atomic E-state index is 13.3. The lowest BCUT2D eigenvalue weighted by atomic mass is 10.1. The Balaban J connectivity index is 2.97. The summed E-state index contributed by atoms with van der Waals surface area (Å²) in [4.78, 5) is 4.21. The maximum Gasteiger partial charge on any atom is 0.137 e. The van der Waals surface area contributed by atoms with Gasteiger partial charge in [-0.05, 0) is 47.2 Å². The third kappa shape index (κ3) is 1.41. The number of aromatic nitrogens is 1. The summed E-state index contributed by atoms with van der Waals surface area (Å²) < 4.78 is 13.9. The molecule has 0 aliphatic heterocycles. The predicted molar refractivity (Wildman–Crippen MR) is 59.2 cm³/mol. The summed E-state index contributed by atoms with van der Waals surface area (Å²) >= 11 is 2.00. The van der Waals surface area contributed by atoms with Crippen LogP contribution in [0.5, 0.6) is 0 Å². The first-order valence-corrected chi connectivity index (χ1v) is 4.97. The standard InChI is InChI=1S/C10H7FIN/c1-6-5-8(11)9(12)7-3-2-4-13-10(6)7/h2-5H,1H3. The van der Waals surface area contributed by atoms with E-state index >= 15 is 0 Å². The van der Waals surface area contributed by atoms with Gasteiger partial charge in [0.1, 0.15) is 5.82 Å². The second-order valence-corrected chi connectivity index (χ2v) is 3.97. The molecule has 1 aromatic carbocycles. The van der Waals surface area contributed by atoms with Crippen LogP contribution in [0, 0.1) is 16.3 Å². The van der Waals surface area contributed by atoms with Gasteiger partial charge in [-0.3, -0.25) is 4.98 Å². The van der Waals surface area contributed by atoms with E-state index in [1.807, 2.05) is 41.6 Å². The van der Waals surface area contributed by atoms with E-state index in [9.17, 15) is 4.39 Å². The van der Waals surface area contributed by atoms with E-state index in [1.165, 1.54) is 6.07 Å². The highest BCUT2D eigenvalue weighted by Gasteiger charge is 2.07. The Kier molecular flexibility index (Phi) is 2.19. The number of hydrogen-bond acceptors (Lipinski definition) is 1. The van der Waals surface area contributed by atoms with E-state index in [-0.39, 0.29) is 5.82 Å². The molecule has 2 aromatic rings. The Labute approximate surface area is 89.1 Å². The number of pyridine rings is 1. The molecule has 0 fully saturated rings. The van der Waals surface area contributed by atoms with Gasteiger partial charge in [0.25, 0.3) is 0 Å². The van der Waals surface area contributed by atoms with E-state index in [1.54, 1.807) is 6.20 Å². The van der Waals surface area contributed by atoms with Gasteiger partial charge in [0, 0.05) is 11.6 Å². The smallest absolute Gasteiger partial charge is 0.137 e. The first kappa shape index (κ1) is 8.87. The molecular weight excluding hydrogens is 280 g/mol. The van der Waals surface area contributed by atoms with Gasteiger partial charge in [0.2, 0.25) is 0 Å². The number of rotatable bonds is 0. The highest BCUT2D eigenvalue weighted by Crippen LogP contribution is 2.24. The number of hydrogen-bond donors (Lipinski definition) is 0. The average Bonchev–Trinajstić information content (AvgIpc) is 2.15. The van der Waals surface area contributed by atoms with E-state index in [0.29, 0.717) is 3.57 Å². The average molecular weight is 287 g/mol. The quantitative estimate of drug-likeness (QED) is 0.678. The molecule has 0 saturated heterocycles. The number of halogens is 2. The topological polar surface area (TPSA) is 12.9 Å². The molecule has 0 aliphatic rings. The molecule has 0 N–H and O–H groups in total. The van der Waals surface area contributed by atoms with Gasteiger partial charge in [0.05, 0.1) is 9.09 Å². The molecule has 1 heterocycles. The minimum absolute atomic E-state index is 0.168. The van der Waals surface area contributed by atoms with Crippen molar-refractivity contribution in [1.82, 2.24) is 4.98 Å². The molecule has 0 amide bonds. The summed E-state index contributed by atoms with van der Waals surface area (Å²) in [7, 11) is 0. The Hall–Kier alpha value is -0.710. The molecule has 1 nitrogen and oxygen atoms in total. The summed E-state index contributed by atoms with van der Waals surface area (Å²) in [6.07, 6.45) is 1.73. The Bertz CT molecular complexity index is 468. The number of benzene rings is 1. The summed E-state index contributed by atoms with van der Waals surface area (Å²) in [6, 6.07) is 5.24. The number of nitrogens with zero attached hydrogens (tertiary/aromatic N) is 1. The molecule has 0 saturated carbocycles. The van der Waals surface area contributed by atoms with Gasteiger partial charge in [-0.25, -0.2) is 4.39 Å². The fraction of sp³-hybridized carbons (Fsp3) is 0.100. The van der Waals surface area contributed by atoms with Crippen molar-refractivity contribution >= 4 is 33.5 Å². The monoisotopic (exact) mass is 287 g/mol. The Morgan fingerprint density at radius 2 is 2.23 bits per heavy atom. The molecule has 0 spiro atoms. The van der Waals surface area contributed by atoms with E-state index in [0.717, 1.165) is 16.5 Å². The first-order chi connectivity index (χ1) is 6.20. The molecule has 0 bridgehead atoms. The van der Waals surface area contributed by atoms with Crippen molar-refractivity contribution in [2.45, 2.75) is 6.92 Å². The van der Waals surface area contributed by atoms with Gasteiger partial charge in [-0.15, -0.1) is 0 Å². The zero-order chi connectivity index (χ0) is 9.42. The minimum Gasteiger partial charge on any atom is -0.256 e. The second kappa shape index (κ2) is 3.21. The summed E-state index contributed by atoms with van der Waals surface area (Å²) in [5.74, 6) is -0.168. The lowest BCUT2D eigenvalue weighted by molar-refractivity contribution is 0.621. The number of fused-ring (bicyclic) bond motifs is 1. The minimum atomic E-state index is -0.168. The van der Waals surface area contributed by atoms with Crippen molar-refractivity contribution in [2.75, 3.05) is 0 Å². The van der Waals surface area contributed by atoms with Crippen LogP contribution >= 0.6 is 22.6 Å². The van der Waals surface area contributed by atoms with Gasteiger partial charge in [-0.1, -0.05) is 6.07 Å². The summed E-state index contributed by atoms with van der Waals surface area (Å²) in [5, 5.41) is 0.889. The van der Waals surface area contributed by atoms with Crippen LogP contribution in [0.1, 0.15) is 5.56 Å². The van der Waals surface area contributed by atoms with Gasteiger partial charge >= 0.3 is 0 Å². The van der Waals surface area contributed by atoms with Crippen LogP contribution in [0.4, 0.5) is 4.39 Å². The Morgan fingerprint density at radius 1 is 1.46 bits per heavy atom. The molecule has 2 rings (SSSR count). The summed E-state index contributed by atoms with van der Waals surface area (Å²) in [5.41, 5.74) is 1.77. The second-order valence-electron chi connectivity index (χ2n) is 2.89. The highest BCUT2D eigenvalue weighted by molar-refractivity contribution is 14.1. The third-order valence-electron chi connectivity index (χ3n) is 1.97. The van der Waals surface area contributed by atoms with Crippen molar-refractivity contribution in [3.05, 3.63) is 39.3 Å². The van der Waals surface area contributed by atoms with E-state index in [4.69, 9.17) is 0 Å². The van der Waals surface area contributed by atoms with Crippen molar-refractivity contribution in [1.29, 1.82) is 0 Å².